The van der Waals surface area contributed by atoms with Crippen molar-refractivity contribution in [2.24, 2.45) is 0 Å². The maximum atomic E-state index is 4.43. The van der Waals surface area contributed by atoms with Crippen molar-refractivity contribution in [1.82, 2.24) is 9.55 Å². The smallest absolute Gasteiger partial charge is 0.106 e. The molecular formula is C20H17Br2N3. The van der Waals surface area contributed by atoms with Gasteiger partial charge in [0.05, 0.1) is 11.7 Å². The molecule has 2 aromatic heterocycles. The molecule has 2 heterocycles. The molecule has 0 unspecified atom stereocenters. The molecular weight excluding hydrogens is 442 g/mol. The van der Waals surface area contributed by atoms with Crippen LogP contribution in [0.25, 0.3) is 21.8 Å². The number of rotatable bonds is 5. The third-order valence-corrected chi connectivity index (χ3v) is 5.27. The summed E-state index contributed by atoms with van der Waals surface area (Å²) in [6.45, 7) is 1.89. The van der Waals surface area contributed by atoms with Gasteiger partial charge in [0.15, 0.2) is 0 Å². The Morgan fingerprint density at radius 1 is 0.920 bits per heavy atom. The van der Waals surface area contributed by atoms with Crippen molar-refractivity contribution in [2.75, 3.05) is 11.9 Å². The van der Waals surface area contributed by atoms with E-state index in [-0.39, 0.29) is 0 Å². The topological polar surface area (TPSA) is 29.9 Å². The molecule has 0 bridgehead atoms. The third-order valence-electron chi connectivity index (χ3n) is 4.34. The fraction of sp³-hybridized carbons (Fsp3) is 0.150. The highest BCUT2D eigenvalue weighted by atomic mass is 79.9. The quantitative estimate of drug-likeness (QED) is 0.284. The number of hydrogen-bond acceptors (Lipinski definition) is 2. The zero-order valence-electron chi connectivity index (χ0n) is 13.5. The number of hydrogen-bond donors (Lipinski definition) is 1. The number of aryl methyl sites for hydroxylation is 1. The largest absolute Gasteiger partial charge is 0.385 e. The van der Waals surface area contributed by atoms with Crippen molar-refractivity contribution in [3.05, 3.63) is 69.9 Å². The van der Waals surface area contributed by atoms with Crippen molar-refractivity contribution in [3.63, 3.8) is 0 Å². The highest BCUT2D eigenvalue weighted by molar-refractivity contribution is 9.10. The van der Waals surface area contributed by atoms with Gasteiger partial charge >= 0.3 is 0 Å². The lowest BCUT2D eigenvalue weighted by molar-refractivity contribution is 0.700. The normalized spacial score (nSPS) is 11.3. The zero-order chi connectivity index (χ0) is 17.2. The summed E-state index contributed by atoms with van der Waals surface area (Å²) < 4.78 is 4.32. The SMILES string of the molecule is Brc1ccc2c(c1)c1cc(Br)ncc1n2CCCNc1ccccc1. The maximum absolute atomic E-state index is 4.43. The van der Waals surface area contributed by atoms with E-state index >= 15 is 0 Å². The molecule has 0 spiro atoms. The molecule has 1 N–H and O–H groups in total. The summed E-state index contributed by atoms with van der Waals surface area (Å²) in [5.74, 6) is 0. The predicted molar refractivity (Wildman–Crippen MR) is 112 cm³/mol. The molecule has 5 heteroatoms. The minimum absolute atomic E-state index is 0.866. The molecule has 126 valence electrons. The summed E-state index contributed by atoms with van der Waals surface area (Å²) in [7, 11) is 0. The number of halogens is 2. The van der Waals surface area contributed by atoms with Crippen LogP contribution in [0, 0.1) is 0 Å². The number of para-hydroxylation sites is 1. The van der Waals surface area contributed by atoms with Crippen LogP contribution in [0.3, 0.4) is 0 Å². The summed E-state index contributed by atoms with van der Waals surface area (Å²) in [5.41, 5.74) is 3.59. The summed E-state index contributed by atoms with van der Waals surface area (Å²) in [4.78, 5) is 4.43. The van der Waals surface area contributed by atoms with Gasteiger partial charge in [-0.2, -0.15) is 0 Å². The lowest BCUT2D eigenvalue weighted by Crippen LogP contribution is -2.06. The van der Waals surface area contributed by atoms with Gasteiger partial charge in [0.25, 0.3) is 0 Å². The van der Waals surface area contributed by atoms with Crippen LogP contribution < -0.4 is 5.32 Å². The molecule has 0 aliphatic carbocycles. The monoisotopic (exact) mass is 457 g/mol. The van der Waals surface area contributed by atoms with Gasteiger partial charge in [-0.25, -0.2) is 4.98 Å². The summed E-state index contributed by atoms with van der Waals surface area (Å²) in [6, 6.07) is 18.9. The fourth-order valence-electron chi connectivity index (χ4n) is 3.21. The minimum Gasteiger partial charge on any atom is -0.385 e. The van der Waals surface area contributed by atoms with Gasteiger partial charge in [-0.05, 0) is 58.7 Å². The number of anilines is 1. The van der Waals surface area contributed by atoms with Crippen LogP contribution >= 0.6 is 31.9 Å². The van der Waals surface area contributed by atoms with E-state index in [1.807, 2.05) is 12.3 Å². The molecule has 0 aliphatic rings. The average molecular weight is 459 g/mol. The Balaban J connectivity index is 1.61. The van der Waals surface area contributed by atoms with E-state index < -0.39 is 0 Å². The van der Waals surface area contributed by atoms with Crippen LogP contribution in [0.15, 0.2) is 69.9 Å². The van der Waals surface area contributed by atoms with E-state index in [4.69, 9.17) is 0 Å². The Labute approximate surface area is 163 Å². The molecule has 0 saturated carbocycles. The number of fused-ring (bicyclic) bond motifs is 3. The molecule has 2 aromatic carbocycles. The fourth-order valence-corrected chi connectivity index (χ4v) is 3.90. The third kappa shape index (κ3) is 3.44. The minimum atomic E-state index is 0.866. The Hall–Kier alpha value is -1.85. The highest BCUT2D eigenvalue weighted by Crippen LogP contribution is 2.32. The Morgan fingerprint density at radius 2 is 1.72 bits per heavy atom. The van der Waals surface area contributed by atoms with E-state index in [1.165, 1.54) is 27.5 Å². The summed E-state index contributed by atoms with van der Waals surface area (Å²) >= 11 is 7.08. The van der Waals surface area contributed by atoms with Crippen molar-refractivity contribution in [2.45, 2.75) is 13.0 Å². The van der Waals surface area contributed by atoms with E-state index in [1.54, 1.807) is 0 Å². The second-order valence-corrected chi connectivity index (χ2v) is 7.71. The van der Waals surface area contributed by atoms with Crippen molar-refractivity contribution in [3.8, 4) is 0 Å². The van der Waals surface area contributed by atoms with Gasteiger partial charge in [-0.1, -0.05) is 34.1 Å². The molecule has 3 nitrogen and oxygen atoms in total. The first-order chi connectivity index (χ1) is 12.2. The van der Waals surface area contributed by atoms with Crippen LogP contribution in [0.4, 0.5) is 5.69 Å². The van der Waals surface area contributed by atoms with E-state index in [0.717, 1.165) is 28.6 Å². The Kier molecular flexibility index (Phi) is 4.77. The first-order valence-corrected chi connectivity index (χ1v) is 9.83. The number of nitrogens with zero attached hydrogens (tertiary/aromatic N) is 2. The predicted octanol–water partition coefficient (Wildman–Crippen LogP) is 6.22. The molecule has 4 rings (SSSR count). The lowest BCUT2D eigenvalue weighted by Gasteiger charge is -2.09. The van der Waals surface area contributed by atoms with E-state index in [0.29, 0.717) is 0 Å². The van der Waals surface area contributed by atoms with Gasteiger partial charge in [0, 0.05) is 39.5 Å². The molecule has 0 radical (unpaired) electrons. The number of nitrogens with one attached hydrogen (secondary N) is 1. The van der Waals surface area contributed by atoms with Crippen LogP contribution in [0.5, 0.6) is 0 Å². The molecule has 0 amide bonds. The van der Waals surface area contributed by atoms with Crippen LogP contribution in [-0.4, -0.2) is 16.1 Å². The van der Waals surface area contributed by atoms with Gasteiger partial charge in [0.2, 0.25) is 0 Å². The number of aromatic nitrogens is 2. The van der Waals surface area contributed by atoms with Gasteiger partial charge in [-0.15, -0.1) is 0 Å². The van der Waals surface area contributed by atoms with Crippen LogP contribution in [0.2, 0.25) is 0 Å². The first-order valence-electron chi connectivity index (χ1n) is 8.24. The van der Waals surface area contributed by atoms with Crippen molar-refractivity contribution < 1.29 is 0 Å². The van der Waals surface area contributed by atoms with Gasteiger partial charge < -0.3 is 9.88 Å². The first kappa shape index (κ1) is 16.6. The lowest BCUT2D eigenvalue weighted by atomic mass is 10.2. The van der Waals surface area contributed by atoms with E-state index in [2.05, 4.69) is 95.3 Å². The molecule has 0 fully saturated rings. The second-order valence-electron chi connectivity index (χ2n) is 5.98. The second kappa shape index (κ2) is 7.18. The standard InChI is InChI=1S/C20H17Br2N3/c21-14-7-8-18-16(11-14)17-12-20(22)24-13-19(17)25(18)10-4-9-23-15-5-2-1-3-6-15/h1-3,5-8,11-13,23H,4,9-10H2. The Morgan fingerprint density at radius 3 is 2.56 bits per heavy atom. The Bertz CT molecular complexity index is 966. The number of benzene rings is 2. The van der Waals surface area contributed by atoms with Gasteiger partial charge in [0.1, 0.15) is 4.60 Å². The van der Waals surface area contributed by atoms with Crippen molar-refractivity contribution in [1.29, 1.82) is 0 Å². The molecule has 4 aromatic rings. The molecule has 0 atom stereocenters. The van der Waals surface area contributed by atoms with Crippen LogP contribution in [-0.2, 0) is 6.54 Å². The maximum Gasteiger partial charge on any atom is 0.106 e. The highest BCUT2D eigenvalue weighted by Gasteiger charge is 2.11. The van der Waals surface area contributed by atoms with Crippen molar-refractivity contribution >= 4 is 59.4 Å². The van der Waals surface area contributed by atoms with E-state index in [9.17, 15) is 0 Å². The van der Waals surface area contributed by atoms with Gasteiger partial charge in [-0.3, -0.25) is 0 Å². The molecule has 0 saturated heterocycles. The summed E-state index contributed by atoms with van der Waals surface area (Å²) in [5, 5.41) is 5.96. The molecule has 0 aliphatic heterocycles. The average Bonchev–Trinajstić information content (AvgIpc) is 2.92. The molecule has 25 heavy (non-hydrogen) atoms. The summed E-state index contributed by atoms with van der Waals surface area (Å²) in [6.07, 6.45) is 3.00. The van der Waals surface area contributed by atoms with Crippen LogP contribution in [0.1, 0.15) is 6.42 Å². The zero-order valence-corrected chi connectivity index (χ0v) is 16.7. The number of pyridine rings is 1.